The Labute approximate surface area is 107 Å². The van der Waals surface area contributed by atoms with E-state index in [9.17, 15) is 18.0 Å². The summed E-state index contributed by atoms with van der Waals surface area (Å²) in [6, 6.07) is 4.99. The van der Waals surface area contributed by atoms with E-state index in [-0.39, 0.29) is 5.56 Å². The van der Waals surface area contributed by atoms with Crippen LogP contribution in [-0.2, 0) is 6.18 Å². The van der Waals surface area contributed by atoms with Gasteiger partial charge < -0.3 is 0 Å². The number of hydrogen-bond donors (Lipinski definition) is 0. The van der Waals surface area contributed by atoms with Crippen molar-refractivity contribution in [2.75, 3.05) is 0 Å². The van der Waals surface area contributed by atoms with Crippen molar-refractivity contribution < 1.29 is 18.0 Å². The number of alkyl halides is 3. The van der Waals surface area contributed by atoms with Gasteiger partial charge in [0.25, 0.3) is 0 Å². The van der Waals surface area contributed by atoms with E-state index < -0.39 is 11.7 Å². The maximum atomic E-state index is 12.7. The van der Waals surface area contributed by atoms with Crippen LogP contribution in [0.1, 0.15) is 21.5 Å². The summed E-state index contributed by atoms with van der Waals surface area (Å²) in [6.45, 7) is 1.80. The predicted octanol–water partition coefficient (Wildman–Crippen LogP) is 3.89. The van der Waals surface area contributed by atoms with Crippen LogP contribution in [0.2, 0.25) is 0 Å². The quantitative estimate of drug-likeness (QED) is 0.771. The third kappa shape index (κ3) is 2.99. The Morgan fingerprint density at radius 2 is 1.79 bits per heavy atom. The van der Waals surface area contributed by atoms with Crippen LogP contribution in [0.15, 0.2) is 36.7 Å². The molecule has 0 saturated carbocycles. The van der Waals surface area contributed by atoms with Gasteiger partial charge in [0.2, 0.25) is 0 Å². The number of carbonyl (C=O) groups is 1. The van der Waals surface area contributed by atoms with Crippen LogP contribution in [0.4, 0.5) is 13.2 Å². The molecule has 98 valence electrons. The molecule has 1 aromatic carbocycles. The second-order valence-electron chi connectivity index (χ2n) is 4.21. The zero-order chi connectivity index (χ0) is 14.0. The van der Waals surface area contributed by atoms with E-state index >= 15 is 0 Å². The van der Waals surface area contributed by atoms with Gasteiger partial charge in [-0.15, -0.1) is 0 Å². The predicted molar refractivity (Wildman–Crippen MR) is 64.8 cm³/mol. The molecule has 0 bridgehead atoms. The number of hydrogen-bond acceptors (Lipinski definition) is 2. The summed E-state index contributed by atoms with van der Waals surface area (Å²) in [6.07, 6.45) is -0.998. The fourth-order valence-electron chi connectivity index (χ4n) is 1.76. The molecule has 2 aromatic rings. The molecule has 2 nitrogen and oxygen atoms in total. The molecule has 0 radical (unpaired) electrons. The van der Waals surface area contributed by atoms with Crippen molar-refractivity contribution in [3.63, 3.8) is 0 Å². The van der Waals surface area contributed by atoms with Crippen molar-refractivity contribution in [2.45, 2.75) is 13.1 Å². The number of aldehydes is 1. The number of aryl methyl sites for hydroxylation is 1. The molecule has 0 fully saturated rings. The molecule has 1 heterocycles. The third-order valence-electron chi connectivity index (χ3n) is 2.63. The second-order valence-corrected chi connectivity index (χ2v) is 4.21. The van der Waals surface area contributed by atoms with Gasteiger partial charge in [0.1, 0.15) is 6.29 Å². The molecular weight excluding hydrogens is 255 g/mol. The van der Waals surface area contributed by atoms with E-state index in [0.717, 1.165) is 17.7 Å². The largest absolute Gasteiger partial charge is 0.416 e. The fraction of sp³-hybridized carbons (Fsp3) is 0.143. The Morgan fingerprint density at radius 1 is 1.05 bits per heavy atom. The number of aromatic nitrogens is 1. The lowest BCUT2D eigenvalue weighted by Crippen LogP contribution is -2.06. The minimum atomic E-state index is -4.48. The van der Waals surface area contributed by atoms with Crippen molar-refractivity contribution in [1.29, 1.82) is 0 Å². The van der Waals surface area contributed by atoms with E-state index in [4.69, 9.17) is 0 Å². The Morgan fingerprint density at radius 3 is 2.37 bits per heavy atom. The molecule has 0 N–H and O–H groups in total. The number of benzene rings is 1. The van der Waals surface area contributed by atoms with Crippen LogP contribution in [0.25, 0.3) is 11.1 Å². The number of carbonyl (C=O) groups excluding carboxylic acids is 1. The van der Waals surface area contributed by atoms with Crippen LogP contribution in [0.5, 0.6) is 0 Å². The normalized spacial score (nSPS) is 11.4. The highest BCUT2D eigenvalue weighted by molar-refractivity contribution is 5.79. The summed E-state index contributed by atoms with van der Waals surface area (Å²) in [5.74, 6) is 0. The van der Waals surface area contributed by atoms with Gasteiger partial charge in [0.05, 0.1) is 5.56 Å². The number of rotatable bonds is 2. The first-order valence-corrected chi connectivity index (χ1v) is 5.49. The average molecular weight is 265 g/mol. The molecule has 0 aliphatic carbocycles. The van der Waals surface area contributed by atoms with Crippen LogP contribution in [0, 0.1) is 6.92 Å². The summed E-state index contributed by atoms with van der Waals surface area (Å²) in [7, 11) is 0. The molecular formula is C14H10F3NO. The third-order valence-corrected chi connectivity index (χ3v) is 2.63. The monoisotopic (exact) mass is 265 g/mol. The number of halogens is 3. The second kappa shape index (κ2) is 4.84. The molecule has 0 atom stereocenters. The molecule has 1 aromatic heterocycles. The zero-order valence-electron chi connectivity index (χ0n) is 10.0. The van der Waals surface area contributed by atoms with Gasteiger partial charge in [-0.1, -0.05) is 0 Å². The molecule has 0 spiro atoms. The molecule has 0 saturated heterocycles. The lowest BCUT2D eigenvalue weighted by Gasteiger charge is -2.10. The molecule has 0 aliphatic heterocycles. The van der Waals surface area contributed by atoms with Crippen LogP contribution in [0.3, 0.4) is 0 Å². The van der Waals surface area contributed by atoms with E-state index in [2.05, 4.69) is 4.98 Å². The highest BCUT2D eigenvalue weighted by atomic mass is 19.4. The Hall–Kier alpha value is -2.17. The minimum Gasteiger partial charge on any atom is -0.298 e. The van der Waals surface area contributed by atoms with Gasteiger partial charge >= 0.3 is 6.18 Å². The number of pyridine rings is 1. The van der Waals surface area contributed by atoms with Gasteiger partial charge in [-0.3, -0.25) is 9.78 Å². The van der Waals surface area contributed by atoms with E-state index in [1.165, 1.54) is 12.3 Å². The SMILES string of the molecule is Cc1cncc(-c2cc(C=O)cc(C(F)(F)F)c2)c1. The molecule has 0 unspecified atom stereocenters. The molecule has 0 aliphatic rings. The van der Waals surface area contributed by atoms with Gasteiger partial charge in [-0.25, -0.2) is 0 Å². The topological polar surface area (TPSA) is 30.0 Å². The summed E-state index contributed by atoms with van der Waals surface area (Å²) in [5.41, 5.74) is 0.866. The van der Waals surface area contributed by atoms with Crippen molar-refractivity contribution in [1.82, 2.24) is 4.98 Å². The summed E-state index contributed by atoms with van der Waals surface area (Å²) in [4.78, 5) is 14.7. The van der Waals surface area contributed by atoms with Gasteiger partial charge in [-0.05, 0) is 42.3 Å². The van der Waals surface area contributed by atoms with Crippen LogP contribution >= 0.6 is 0 Å². The van der Waals surface area contributed by atoms with Gasteiger partial charge in [-0.2, -0.15) is 13.2 Å². The van der Waals surface area contributed by atoms with Crippen LogP contribution < -0.4 is 0 Å². The van der Waals surface area contributed by atoms with Crippen molar-refractivity contribution in [2.24, 2.45) is 0 Å². The van der Waals surface area contributed by atoms with E-state index in [1.54, 1.807) is 19.2 Å². The summed E-state index contributed by atoms with van der Waals surface area (Å²) < 4.78 is 38.2. The maximum absolute atomic E-state index is 12.7. The zero-order valence-corrected chi connectivity index (χ0v) is 10.0. The Kier molecular flexibility index (Phi) is 3.38. The fourth-order valence-corrected chi connectivity index (χ4v) is 1.76. The molecule has 19 heavy (non-hydrogen) atoms. The first-order chi connectivity index (χ1) is 8.90. The van der Waals surface area contributed by atoms with Gasteiger partial charge in [0.15, 0.2) is 0 Å². The standard InChI is InChI=1S/C14H10F3NO/c1-9-2-12(7-18-6-9)11-3-10(8-19)4-13(5-11)14(15,16)17/h2-8H,1H3. The van der Waals surface area contributed by atoms with Crippen molar-refractivity contribution in [3.05, 3.63) is 53.3 Å². The van der Waals surface area contributed by atoms with Crippen molar-refractivity contribution >= 4 is 6.29 Å². The average Bonchev–Trinajstić information content (AvgIpc) is 2.37. The van der Waals surface area contributed by atoms with Crippen molar-refractivity contribution in [3.8, 4) is 11.1 Å². The summed E-state index contributed by atoms with van der Waals surface area (Å²) in [5, 5.41) is 0. The summed E-state index contributed by atoms with van der Waals surface area (Å²) >= 11 is 0. The van der Waals surface area contributed by atoms with Gasteiger partial charge in [0, 0.05) is 23.5 Å². The molecule has 5 heteroatoms. The highest BCUT2D eigenvalue weighted by Crippen LogP contribution is 2.33. The lowest BCUT2D eigenvalue weighted by atomic mass is 10.0. The highest BCUT2D eigenvalue weighted by Gasteiger charge is 2.31. The first kappa shape index (κ1) is 13.3. The smallest absolute Gasteiger partial charge is 0.298 e. The lowest BCUT2D eigenvalue weighted by molar-refractivity contribution is -0.137. The Balaban J connectivity index is 2.60. The molecule has 0 amide bonds. The molecule has 2 rings (SSSR count). The van der Waals surface area contributed by atoms with E-state index in [1.807, 2.05) is 0 Å². The number of nitrogens with zero attached hydrogens (tertiary/aromatic N) is 1. The first-order valence-electron chi connectivity index (χ1n) is 5.49. The minimum absolute atomic E-state index is 0.00803. The van der Waals surface area contributed by atoms with Crippen LogP contribution in [-0.4, -0.2) is 11.3 Å². The Bertz CT molecular complexity index is 620. The van der Waals surface area contributed by atoms with E-state index in [0.29, 0.717) is 17.4 Å². The maximum Gasteiger partial charge on any atom is 0.416 e.